The molecule has 0 aliphatic carbocycles. The van der Waals surface area contributed by atoms with E-state index < -0.39 is 0 Å². The number of rotatable bonds is 3. The smallest absolute Gasteiger partial charge is 0.244 e. The van der Waals surface area contributed by atoms with E-state index in [9.17, 15) is 4.79 Å². The van der Waals surface area contributed by atoms with E-state index in [0.717, 1.165) is 18.7 Å². The van der Waals surface area contributed by atoms with Crippen LogP contribution in [0.2, 0.25) is 0 Å². The molecule has 5 nitrogen and oxygen atoms in total. The monoisotopic (exact) mass is 342 g/mol. The highest BCUT2D eigenvalue weighted by Gasteiger charge is 2.20. The van der Waals surface area contributed by atoms with Gasteiger partial charge in [-0.1, -0.05) is 6.07 Å². The molecule has 0 bridgehead atoms. The molecule has 0 atom stereocenters. The van der Waals surface area contributed by atoms with Crippen molar-refractivity contribution in [3.63, 3.8) is 0 Å². The quantitative estimate of drug-likeness (QED) is 0.665. The molecular formula is C18H22N4OS. The van der Waals surface area contributed by atoms with E-state index in [1.807, 2.05) is 30.0 Å². The molecule has 0 radical (unpaired) electrons. The summed E-state index contributed by atoms with van der Waals surface area (Å²) in [6.07, 6.45) is 0.929. The third kappa shape index (κ3) is 3.76. The van der Waals surface area contributed by atoms with Gasteiger partial charge in [-0.3, -0.25) is 4.79 Å². The number of nitrogens with two attached hydrogens (primary N) is 1. The van der Waals surface area contributed by atoms with Crippen LogP contribution >= 0.6 is 11.3 Å². The first-order valence-corrected chi connectivity index (χ1v) is 8.88. The third-order valence-electron chi connectivity index (χ3n) is 4.32. The van der Waals surface area contributed by atoms with E-state index >= 15 is 0 Å². The van der Waals surface area contributed by atoms with Crippen LogP contribution in [0.5, 0.6) is 0 Å². The van der Waals surface area contributed by atoms with Crippen molar-refractivity contribution >= 4 is 28.9 Å². The summed E-state index contributed by atoms with van der Waals surface area (Å²) in [5.41, 5.74) is 10.4. The molecule has 1 aromatic carbocycles. The number of aliphatic imine (C=N–C) groups is 1. The Bertz CT molecular complexity index is 781. The summed E-state index contributed by atoms with van der Waals surface area (Å²) in [5, 5.41) is 5.12. The molecule has 1 aromatic heterocycles. The summed E-state index contributed by atoms with van der Waals surface area (Å²) in [5.74, 6) is 0.275. The van der Waals surface area contributed by atoms with Gasteiger partial charge in [0, 0.05) is 23.7 Å². The molecule has 2 heterocycles. The van der Waals surface area contributed by atoms with Crippen molar-refractivity contribution in [1.29, 1.82) is 0 Å². The van der Waals surface area contributed by atoms with Crippen LogP contribution < -0.4 is 11.1 Å². The highest BCUT2D eigenvalue weighted by Crippen LogP contribution is 2.23. The predicted molar refractivity (Wildman–Crippen MR) is 99.5 cm³/mol. The van der Waals surface area contributed by atoms with Crippen LogP contribution in [0.4, 0.5) is 5.69 Å². The fourth-order valence-electron chi connectivity index (χ4n) is 2.72. The zero-order valence-electron chi connectivity index (χ0n) is 14.0. The molecule has 0 saturated carbocycles. The number of guanidine groups is 1. The minimum absolute atomic E-state index is 0.0108. The highest BCUT2D eigenvalue weighted by molar-refractivity contribution is 7.10. The van der Waals surface area contributed by atoms with Crippen LogP contribution in [0, 0.1) is 13.8 Å². The zero-order valence-corrected chi connectivity index (χ0v) is 14.8. The van der Waals surface area contributed by atoms with Gasteiger partial charge in [-0.2, -0.15) is 0 Å². The minimum atomic E-state index is 0.0108. The summed E-state index contributed by atoms with van der Waals surface area (Å²) >= 11 is 1.77. The first-order valence-electron chi connectivity index (χ1n) is 8.00. The number of anilines is 1. The van der Waals surface area contributed by atoms with Crippen molar-refractivity contribution in [2.24, 2.45) is 10.7 Å². The maximum atomic E-state index is 12.3. The zero-order chi connectivity index (χ0) is 17.1. The van der Waals surface area contributed by atoms with Gasteiger partial charge in [-0.25, -0.2) is 4.99 Å². The molecule has 126 valence electrons. The number of benzene rings is 1. The number of nitrogens with one attached hydrogen (secondary N) is 1. The van der Waals surface area contributed by atoms with Gasteiger partial charge in [0.25, 0.3) is 0 Å². The molecule has 0 saturated heterocycles. The first-order chi connectivity index (χ1) is 11.5. The molecular weight excluding hydrogens is 320 g/mol. The number of carbonyl (C=O) groups excluding carboxylic acids is 1. The van der Waals surface area contributed by atoms with Crippen molar-refractivity contribution in [3.8, 4) is 0 Å². The van der Waals surface area contributed by atoms with Crippen molar-refractivity contribution < 1.29 is 4.79 Å². The summed E-state index contributed by atoms with van der Waals surface area (Å²) < 4.78 is 0. The molecule has 24 heavy (non-hydrogen) atoms. The number of amides is 1. The Morgan fingerprint density at radius 2 is 2.17 bits per heavy atom. The molecule has 1 aliphatic rings. The van der Waals surface area contributed by atoms with Gasteiger partial charge in [-0.05, 0) is 60.5 Å². The fraction of sp³-hybridized carbons (Fsp3) is 0.333. The van der Waals surface area contributed by atoms with Gasteiger partial charge in [0.2, 0.25) is 5.91 Å². The number of fused-ring (bicyclic) bond motifs is 1. The number of thiophene rings is 1. The summed E-state index contributed by atoms with van der Waals surface area (Å²) in [6, 6.07) is 8.10. The lowest BCUT2D eigenvalue weighted by Crippen LogP contribution is -2.37. The molecule has 6 heteroatoms. The second-order valence-corrected chi connectivity index (χ2v) is 7.06. The molecule has 2 aromatic rings. The number of aryl methyl sites for hydroxylation is 2. The Balaban J connectivity index is 1.56. The standard InChI is InChI=1S/C18H22N4OS/c1-12-3-4-15(9-13(12)2)21-18(19)20-10-17(23)22-7-5-16-14(11-22)6-8-24-16/h3-4,6,8-9H,5,7,10-11H2,1-2H3,(H3,19,20,21). The molecule has 1 aliphatic heterocycles. The van der Waals surface area contributed by atoms with Crippen LogP contribution in [-0.4, -0.2) is 29.9 Å². The summed E-state index contributed by atoms with van der Waals surface area (Å²) in [6.45, 7) is 5.62. The molecule has 0 spiro atoms. The Morgan fingerprint density at radius 1 is 1.33 bits per heavy atom. The van der Waals surface area contributed by atoms with Crippen molar-refractivity contribution in [1.82, 2.24) is 4.90 Å². The average Bonchev–Trinajstić information content (AvgIpc) is 3.03. The molecule has 3 N–H and O–H groups in total. The predicted octanol–water partition coefficient (Wildman–Crippen LogP) is 2.68. The van der Waals surface area contributed by atoms with E-state index in [1.165, 1.54) is 21.6 Å². The number of carbonyl (C=O) groups is 1. The van der Waals surface area contributed by atoms with E-state index in [-0.39, 0.29) is 18.4 Å². The fourth-order valence-corrected chi connectivity index (χ4v) is 3.61. The maximum Gasteiger partial charge on any atom is 0.244 e. The highest BCUT2D eigenvalue weighted by atomic mass is 32.1. The van der Waals surface area contributed by atoms with Gasteiger partial charge in [0.1, 0.15) is 6.54 Å². The Morgan fingerprint density at radius 3 is 2.96 bits per heavy atom. The molecule has 0 fully saturated rings. The third-order valence-corrected chi connectivity index (χ3v) is 5.35. The summed E-state index contributed by atoms with van der Waals surface area (Å²) in [7, 11) is 0. The maximum absolute atomic E-state index is 12.3. The lowest BCUT2D eigenvalue weighted by atomic mass is 10.1. The van der Waals surface area contributed by atoms with E-state index in [4.69, 9.17) is 5.73 Å². The minimum Gasteiger partial charge on any atom is -0.370 e. The molecule has 0 unspecified atom stereocenters. The molecule has 1 amide bonds. The van der Waals surface area contributed by atoms with Crippen molar-refractivity contribution in [2.75, 3.05) is 18.4 Å². The van der Waals surface area contributed by atoms with Gasteiger partial charge in [0.05, 0.1) is 0 Å². The Labute approximate surface area is 146 Å². The largest absolute Gasteiger partial charge is 0.370 e. The summed E-state index contributed by atoms with van der Waals surface area (Å²) in [4.78, 5) is 19.7. The number of hydrogen-bond acceptors (Lipinski definition) is 3. The topological polar surface area (TPSA) is 70.7 Å². The molecule has 3 rings (SSSR count). The van der Waals surface area contributed by atoms with Crippen LogP contribution in [0.15, 0.2) is 34.6 Å². The van der Waals surface area contributed by atoms with Crippen molar-refractivity contribution in [3.05, 3.63) is 51.2 Å². The first kappa shape index (κ1) is 16.5. The van der Waals surface area contributed by atoms with Crippen LogP contribution in [0.1, 0.15) is 21.6 Å². The van der Waals surface area contributed by atoms with E-state index in [2.05, 4.69) is 28.7 Å². The second kappa shape index (κ2) is 7.05. The van der Waals surface area contributed by atoms with Gasteiger partial charge >= 0.3 is 0 Å². The van der Waals surface area contributed by atoms with Crippen LogP contribution in [0.3, 0.4) is 0 Å². The van der Waals surface area contributed by atoms with Gasteiger partial charge in [0.15, 0.2) is 5.96 Å². The average molecular weight is 342 g/mol. The van der Waals surface area contributed by atoms with E-state index in [1.54, 1.807) is 11.3 Å². The normalized spacial score (nSPS) is 14.4. The van der Waals surface area contributed by atoms with Crippen LogP contribution in [-0.2, 0) is 17.8 Å². The lowest BCUT2D eigenvalue weighted by molar-refractivity contribution is -0.130. The van der Waals surface area contributed by atoms with Gasteiger partial charge < -0.3 is 16.0 Å². The van der Waals surface area contributed by atoms with Gasteiger partial charge in [-0.15, -0.1) is 11.3 Å². The van der Waals surface area contributed by atoms with Crippen molar-refractivity contribution in [2.45, 2.75) is 26.8 Å². The number of hydrogen-bond donors (Lipinski definition) is 2. The SMILES string of the molecule is Cc1ccc(NC(N)=NCC(=O)N2CCc3sccc3C2)cc1C. The van der Waals surface area contributed by atoms with E-state index in [0.29, 0.717) is 6.54 Å². The lowest BCUT2D eigenvalue weighted by Gasteiger charge is -2.26. The Kier molecular flexibility index (Phi) is 4.85. The Hall–Kier alpha value is -2.34. The van der Waals surface area contributed by atoms with Crippen LogP contribution in [0.25, 0.3) is 0 Å². The number of nitrogens with zero attached hydrogens (tertiary/aromatic N) is 2. The second-order valence-electron chi connectivity index (χ2n) is 6.06.